The van der Waals surface area contributed by atoms with Crippen LogP contribution >= 0.6 is 40.2 Å². The van der Waals surface area contributed by atoms with Crippen LogP contribution in [0.3, 0.4) is 0 Å². The Hall–Kier alpha value is -1.25. The fraction of sp³-hybridized carbons (Fsp3) is 0.156. The Morgan fingerprint density at radius 1 is 0.842 bits per heavy atom. The van der Waals surface area contributed by atoms with Crippen LogP contribution in [-0.2, 0) is 33.7 Å². The summed E-state index contributed by atoms with van der Waals surface area (Å²) in [6.07, 6.45) is 2.09. The van der Waals surface area contributed by atoms with Gasteiger partial charge in [-0.1, -0.05) is 90.2 Å². The molecule has 0 saturated carbocycles. The predicted octanol–water partition coefficient (Wildman–Crippen LogP) is 11.3. The van der Waals surface area contributed by atoms with Crippen molar-refractivity contribution in [1.29, 1.82) is 0 Å². The van der Waals surface area contributed by atoms with Crippen LogP contribution in [0.25, 0.3) is 33.0 Å². The molecule has 6 rings (SSSR count). The van der Waals surface area contributed by atoms with Crippen molar-refractivity contribution in [2.45, 2.75) is 32.9 Å². The van der Waals surface area contributed by atoms with Gasteiger partial charge >= 0.3 is 37.9 Å². The Bertz CT molecular complexity index is 1400. The normalized spacial score (nSPS) is 10.5. The van der Waals surface area contributed by atoms with E-state index in [1.807, 2.05) is 18.2 Å². The third-order valence-electron chi connectivity index (χ3n) is 6.01. The van der Waals surface area contributed by atoms with Crippen LogP contribution in [0.1, 0.15) is 23.6 Å². The molecule has 1 aliphatic rings. The Morgan fingerprint density at radius 2 is 1.47 bits per heavy atom. The quantitative estimate of drug-likeness (QED) is 0.127. The Labute approximate surface area is 258 Å². The van der Waals surface area contributed by atoms with Crippen molar-refractivity contribution >= 4 is 60.5 Å². The fourth-order valence-electron chi connectivity index (χ4n) is 4.46. The van der Waals surface area contributed by atoms with Crippen molar-refractivity contribution in [2.24, 2.45) is 0 Å². The van der Waals surface area contributed by atoms with E-state index >= 15 is 0 Å². The molecule has 5 aromatic rings. The zero-order valence-electron chi connectivity index (χ0n) is 21.6. The third-order valence-corrected chi connectivity index (χ3v) is 6.45. The van der Waals surface area contributed by atoms with E-state index in [-0.39, 0.29) is 0 Å². The van der Waals surface area contributed by atoms with Crippen LogP contribution in [0.15, 0.2) is 91.0 Å². The molecule has 2 radical (unpaired) electrons. The molecule has 0 fully saturated rings. The van der Waals surface area contributed by atoms with Gasteiger partial charge in [0.25, 0.3) is 0 Å². The average Bonchev–Trinajstić information content (AvgIpc) is 3.51. The molecule has 38 heavy (non-hydrogen) atoms. The molecule has 0 unspecified atom stereocenters. The van der Waals surface area contributed by atoms with Crippen LogP contribution in [0.2, 0.25) is 23.1 Å². The van der Waals surface area contributed by atoms with Gasteiger partial charge in [-0.05, 0) is 36.6 Å². The summed E-state index contributed by atoms with van der Waals surface area (Å²) in [5.41, 5.74) is 9.12. The molecular formula is C32H28Cl4SiZr. The van der Waals surface area contributed by atoms with E-state index in [0.717, 1.165) is 27.9 Å². The van der Waals surface area contributed by atoms with Crippen LogP contribution in [0.5, 0.6) is 0 Å². The molecule has 0 nitrogen and oxygen atoms in total. The van der Waals surface area contributed by atoms with Gasteiger partial charge in [0.2, 0.25) is 0 Å². The zero-order chi connectivity index (χ0) is 27.5. The van der Waals surface area contributed by atoms with Crippen LogP contribution in [0, 0.1) is 6.07 Å². The van der Waals surface area contributed by atoms with Crippen molar-refractivity contribution in [1.82, 2.24) is 0 Å². The second-order valence-corrected chi connectivity index (χ2v) is 14.3. The molecule has 0 bridgehead atoms. The molecular weight excluding hydrogens is 645 g/mol. The molecule has 0 amide bonds. The molecule has 0 spiro atoms. The number of aryl methyl sites for hydroxylation is 1. The summed E-state index contributed by atoms with van der Waals surface area (Å²) >= 11 is 11.4. The molecule has 0 atom stereocenters. The van der Waals surface area contributed by atoms with Gasteiger partial charge in [0.05, 0.1) is 0 Å². The molecule has 0 aromatic heterocycles. The molecule has 1 aliphatic carbocycles. The maximum Gasteiger partial charge on any atom is -0.0253 e. The maximum atomic E-state index is 6.10. The average molecular weight is 674 g/mol. The minimum Gasteiger partial charge on any atom is -0.179 e. The summed E-state index contributed by atoms with van der Waals surface area (Å²) in [6.45, 7) is 6.48. The van der Waals surface area contributed by atoms with Gasteiger partial charge in [-0.25, -0.2) is 0 Å². The summed E-state index contributed by atoms with van der Waals surface area (Å²) in [7, 11) is 11.0. The number of rotatable bonds is 2. The van der Waals surface area contributed by atoms with Crippen molar-refractivity contribution in [3.05, 3.63) is 124 Å². The monoisotopic (exact) mass is 670 g/mol. The van der Waals surface area contributed by atoms with E-state index in [4.69, 9.17) is 40.2 Å². The van der Waals surface area contributed by atoms with Gasteiger partial charge in [-0.15, -0.1) is 40.1 Å². The SMILES string of the molecule is CCc1cc2c(-c3cc(Cl)cc(Cl)c3)cccc2[cH-]1.C[Si]C.[Cl][Zr+2][Cl].[c-]1cccc2c1Cc1ccccc1-2. The van der Waals surface area contributed by atoms with Crippen LogP contribution in [-0.4, -0.2) is 9.52 Å². The Morgan fingerprint density at radius 3 is 2.16 bits per heavy atom. The van der Waals surface area contributed by atoms with Gasteiger partial charge in [-0.2, -0.15) is 35.9 Å². The number of halogens is 4. The molecule has 0 heterocycles. The van der Waals surface area contributed by atoms with Gasteiger partial charge in [0, 0.05) is 19.6 Å². The second-order valence-electron chi connectivity index (χ2n) is 8.65. The summed E-state index contributed by atoms with van der Waals surface area (Å²) in [6, 6.07) is 34.6. The maximum absolute atomic E-state index is 6.10. The van der Waals surface area contributed by atoms with Crippen LogP contribution in [0.4, 0.5) is 0 Å². The first-order valence-corrected chi connectivity index (χ1v) is 21.3. The number of fused-ring (bicyclic) bond motifs is 4. The van der Waals surface area contributed by atoms with Crippen molar-refractivity contribution in [3.8, 4) is 22.3 Å². The summed E-state index contributed by atoms with van der Waals surface area (Å²) in [4.78, 5) is 0. The van der Waals surface area contributed by atoms with E-state index in [9.17, 15) is 0 Å². The predicted molar refractivity (Wildman–Crippen MR) is 167 cm³/mol. The first kappa shape index (κ1) is 31.3. The molecule has 5 aromatic carbocycles. The van der Waals surface area contributed by atoms with Gasteiger partial charge in [-0.3, -0.25) is 0 Å². The number of hydrogen-bond acceptors (Lipinski definition) is 0. The zero-order valence-corrected chi connectivity index (χ0v) is 28.1. The summed E-state index contributed by atoms with van der Waals surface area (Å²) in [5, 5.41) is 3.87. The standard InChI is InChI=1S/C17H13Cl2.C13H9.C2H6Si.2ClH.Zr/c1-2-11-6-12-4-3-5-16(17(12)7-11)13-8-14(18)10-15(19)9-13;1-3-7-12-10(5-1)9-11-6-2-4-8-13(11)12;1-3-2;;;/h3-10H,2H2,1H3;1-5,7-8H,9H2;1-2H3;2*1H;/q2*-1;;;;+4/p-2. The van der Waals surface area contributed by atoms with E-state index in [1.54, 1.807) is 6.07 Å². The third kappa shape index (κ3) is 8.37. The molecule has 6 heteroatoms. The Balaban J connectivity index is 0.000000182. The van der Waals surface area contributed by atoms with Crippen molar-refractivity contribution < 1.29 is 20.8 Å². The Kier molecular flexibility index (Phi) is 13.3. The fourth-order valence-corrected chi connectivity index (χ4v) is 4.99. The minimum atomic E-state index is -0.826. The van der Waals surface area contributed by atoms with Gasteiger partial charge in [0.15, 0.2) is 0 Å². The van der Waals surface area contributed by atoms with E-state index in [1.165, 1.54) is 44.2 Å². The molecule has 0 N–H and O–H groups in total. The first-order chi connectivity index (χ1) is 18.4. The van der Waals surface area contributed by atoms with E-state index in [2.05, 4.69) is 92.8 Å². The van der Waals surface area contributed by atoms with E-state index in [0.29, 0.717) is 10.0 Å². The minimum absolute atomic E-state index is 0.668. The molecule has 0 aliphatic heterocycles. The van der Waals surface area contributed by atoms with E-state index < -0.39 is 20.8 Å². The van der Waals surface area contributed by atoms with Gasteiger partial charge < -0.3 is 0 Å². The molecule has 0 saturated heterocycles. The van der Waals surface area contributed by atoms with Gasteiger partial charge in [0.1, 0.15) is 0 Å². The van der Waals surface area contributed by atoms with Crippen LogP contribution < -0.4 is 0 Å². The number of hydrogen-bond donors (Lipinski definition) is 0. The molecule has 192 valence electrons. The second kappa shape index (κ2) is 16.1. The summed E-state index contributed by atoms with van der Waals surface area (Å²) in [5.74, 6) is 0. The van der Waals surface area contributed by atoms with Crippen molar-refractivity contribution in [2.75, 3.05) is 0 Å². The summed E-state index contributed by atoms with van der Waals surface area (Å²) < 4.78 is 0. The largest absolute Gasteiger partial charge is 0.179 e. The topological polar surface area (TPSA) is 0 Å². The number of benzene rings is 4. The smallest absolute Gasteiger partial charge is 0.0253 e. The van der Waals surface area contributed by atoms with Crippen molar-refractivity contribution in [3.63, 3.8) is 0 Å². The first-order valence-electron chi connectivity index (χ1n) is 12.2.